The molecule has 3 rings (SSSR count). The van der Waals surface area contributed by atoms with E-state index in [0.717, 1.165) is 21.7 Å². The summed E-state index contributed by atoms with van der Waals surface area (Å²) in [4.78, 5) is 16.7. The van der Waals surface area contributed by atoms with Gasteiger partial charge < -0.3 is 9.84 Å². The van der Waals surface area contributed by atoms with Gasteiger partial charge in [0.15, 0.2) is 0 Å². The van der Waals surface area contributed by atoms with Gasteiger partial charge in [0.05, 0.1) is 29.1 Å². The Kier molecular flexibility index (Phi) is 5.90. The SMILES string of the molecule is Cc1ccc(-c2noc(CNC(=O)c3ccc(N(C)S(C)(=O)=O)cc3Cl)n2)cc1. The van der Waals surface area contributed by atoms with E-state index in [1.165, 1.54) is 25.2 Å². The van der Waals surface area contributed by atoms with Crippen LogP contribution < -0.4 is 9.62 Å². The van der Waals surface area contributed by atoms with Gasteiger partial charge in [0, 0.05) is 12.6 Å². The highest BCUT2D eigenvalue weighted by Gasteiger charge is 2.17. The summed E-state index contributed by atoms with van der Waals surface area (Å²) in [7, 11) is -2.02. The highest BCUT2D eigenvalue weighted by atomic mass is 35.5. The second kappa shape index (κ2) is 8.22. The van der Waals surface area contributed by atoms with Crippen LogP contribution in [0.3, 0.4) is 0 Å². The molecule has 0 saturated heterocycles. The fourth-order valence-electron chi connectivity index (χ4n) is 2.47. The molecule has 0 atom stereocenters. The number of aromatic nitrogens is 2. The van der Waals surface area contributed by atoms with Crippen LogP contribution in [0.4, 0.5) is 5.69 Å². The Morgan fingerprint density at radius 2 is 1.90 bits per heavy atom. The third-order valence-electron chi connectivity index (χ3n) is 4.24. The molecule has 1 aromatic heterocycles. The minimum Gasteiger partial charge on any atom is -0.343 e. The summed E-state index contributed by atoms with van der Waals surface area (Å²) in [5.74, 6) is 0.234. The summed E-state index contributed by atoms with van der Waals surface area (Å²) in [6.07, 6.45) is 1.08. The lowest BCUT2D eigenvalue weighted by atomic mass is 10.1. The van der Waals surface area contributed by atoms with Crippen LogP contribution in [0.2, 0.25) is 5.02 Å². The molecule has 1 amide bonds. The summed E-state index contributed by atoms with van der Waals surface area (Å²) in [6, 6.07) is 12.0. The van der Waals surface area contributed by atoms with Gasteiger partial charge in [0.25, 0.3) is 5.91 Å². The van der Waals surface area contributed by atoms with Gasteiger partial charge in [0.1, 0.15) is 0 Å². The number of halogens is 1. The summed E-state index contributed by atoms with van der Waals surface area (Å²) < 4.78 is 29.5. The number of hydrogen-bond acceptors (Lipinski definition) is 6. The Morgan fingerprint density at radius 1 is 1.21 bits per heavy atom. The van der Waals surface area contributed by atoms with Crippen LogP contribution in [0.15, 0.2) is 47.0 Å². The molecule has 0 spiro atoms. The third kappa shape index (κ3) is 4.93. The molecule has 29 heavy (non-hydrogen) atoms. The number of carbonyl (C=O) groups excluding carboxylic acids is 1. The van der Waals surface area contributed by atoms with Crippen molar-refractivity contribution in [3.05, 3.63) is 64.5 Å². The van der Waals surface area contributed by atoms with Crippen molar-refractivity contribution >= 4 is 33.2 Å². The molecule has 8 nitrogen and oxygen atoms in total. The molecule has 0 saturated carbocycles. The van der Waals surface area contributed by atoms with Crippen molar-refractivity contribution in [3.63, 3.8) is 0 Å². The van der Waals surface area contributed by atoms with Crippen LogP contribution >= 0.6 is 11.6 Å². The Labute approximate surface area is 173 Å². The van der Waals surface area contributed by atoms with E-state index in [4.69, 9.17) is 16.1 Å². The number of hydrogen-bond donors (Lipinski definition) is 1. The number of benzene rings is 2. The zero-order chi connectivity index (χ0) is 21.2. The van der Waals surface area contributed by atoms with E-state index in [0.29, 0.717) is 11.5 Å². The van der Waals surface area contributed by atoms with E-state index in [1.807, 2.05) is 31.2 Å². The fourth-order valence-corrected chi connectivity index (χ4v) is 3.23. The van der Waals surface area contributed by atoms with Crippen LogP contribution in [-0.2, 0) is 16.6 Å². The minimum absolute atomic E-state index is 0.0268. The lowest BCUT2D eigenvalue weighted by molar-refractivity contribution is 0.0946. The first kappa shape index (κ1) is 20.8. The maximum absolute atomic E-state index is 12.4. The van der Waals surface area contributed by atoms with Gasteiger partial charge >= 0.3 is 0 Å². The number of nitrogens with one attached hydrogen (secondary N) is 1. The zero-order valence-electron chi connectivity index (χ0n) is 16.0. The Bertz CT molecular complexity index is 1140. The Morgan fingerprint density at radius 3 is 2.52 bits per heavy atom. The lowest BCUT2D eigenvalue weighted by Crippen LogP contribution is -2.26. The molecule has 0 radical (unpaired) electrons. The average molecular weight is 435 g/mol. The molecule has 1 heterocycles. The summed E-state index contributed by atoms with van der Waals surface area (Å²) in [5.41, 5.74) is 2.49. The molecule has 0 aliphatic rings. The van der Waals surface area contributed by atoms with E-state index in [-0.39, 0.29) is 23.0 Å². The van der Waals surface area contributed by atoms with Gasteiger partial charge in [-0.05, 0) is 25.1 Å². The predicted molar refractivity (Wildman–Crippen MR) is 110 cm³/mol. The number of anilines is 1. The average Bonchev–Trinajstić information content (AvgIpc) is 3.14. The molecule has 0 bridgehead atoms. The topological polar surface area (TPSA) is 105 Å². The molecule has 0 unspecified atom stereocenters. The van der Waals surface area contributed by atoms with E-state index in [1.54, 1.807) is 0 Å². The van der Waals surface area contributed by atoms with Gasteiger partial charge in [-0.15, -0.1) is 0 Å². The van der Waals surface area contributed by atoms with Crippen LogP contribution in [0.25, 0.3) is 11.4 Å². The van der Waals surface area contributed by atoms with E-state index < -0.39 is 15.9 Å². The molecular formula is C19H19ClN4O4S. The highest BCUT2D eigenvalue weighted by molar-refractivity contribution is 7.92. The summed E-state index contributed by atoms with van der Waals surface area (Å²) >= 11 is 6.16. The van der Waals surface area contributed by atoms with Crippen molar-refractivity contribution in [3.8, 4) is 11.4 Å². The quantitative estimate of drug-likeness (QED) is 0.639. The smallest absolute Gasteiger partial charge is 0.253 e. The van der Waals surface area contributed by atoms with Crippen molar-refractivity contribution in [2.45, 2.75) is 13.5 Å². The van der Waals surface area contributed by atoms with Gasteiger partial charge in [-0.3, -0.25) is 9.10 Å². The maximum Gasteiger partial charge on any atom is 0.253 e. The van der Waals surface area contributed by atoms with E-state index >= 15 is 0 Å². The normalized spacial score (nSPS) is 11.3. The first-order chi connectivity index (χ1) is 13.6. The standard InChI is InChI=1S/C19H19ClN4O4S/c1-12-4-6-13(7-5-12)18-22-17(28-23-18)11-21-19(25)15-9-8-14(10-16(15)20)24(2)29(3,26)27/h4-10H,11H2,1-3H3,(H,21,25). The van der Waals surface area contributed by atoms with Gasteiger partial charge in [-0.25, -0.2) is 8.42 Å². The van der Waals surface area contributed by atoms with E-state index in [2.05, 4.69) is 15.5 Å². The van der Waals surface area contributed by atoms with Gasteiger partial charge in [0.2, 0.25) is 21.7 Å². The first-order valence-corrected chi connectivity index (χ1v) is 10.8. The lowest BCUT2D eigenvalue weighted by Gasteiger charge is -2.17. The summed E-state index contributed by atoms with van der Waals surface area (Å²) in [5, 5.41) is 6.70. The number of sulfonamides is 1. The van der Waals surface area contributed by atoms with Crippen molar-refractivity contribution in [1.29, 1.82) is 0 Å². The number of carbonyl (C=O) groups is 1. The molecule has 152 valence electrons. The minimum atomic E-state index is -3.43. The second-order valence-electron chi connectivity index (χ2n) is 6.46. The number of nitrogens with zero attached hydrogens (tertiary/aromatic N) is 3. The Hall–Kier alpha value is -2.91. The van der Waals surface area contributed by atoms with Crippen molar-refractivity contribution in [2.24, 2.45) is 0 Å². The highest BCUT2D eigenvalue weighted by Crippen LogP contribution is 2.24. The van der Waals surface area contributed by atoms with Crippen LogP contribution in [0, 0.1) is 6.92 Å². The molecule has 0 aliphatic carbocycles. The molecule has 1 N–H and O–H groups in total. The second-order valence-corrected chi connectivity index (χ2v) is 8.88. The number of aryl methyl sites for hydroxylation is 1. The number of rotatable bonds is 6. The predicted octanol–water partition coefficient (Wildman–Crippen LogP) is 3.02. The van der Waals surface area contributed by atoms with Gasteiger partial charge in [-0.2, -0.15) is 4.98 Å². The number of amides is 1. The van der Waals surface area contributed by atoms with E-state index in [9.17, 15) is 13.2 Å². The Balaban J connectivity index is 1.67. The zero-order valence-corrected chi connectivity index (χ0v) is 17.6. The molecule has 0 aliphatic heterocycles. The first-order valence-electron chi connectivity index (χ1n) is 8.56. The van der Waals surface area contributed by atoms with Crippen LogP contribution in [0.5, 0.6) is 0 Å². The fraction of sp³-hybridized carbons (Fsp3) is 0.211. The third-order valence-corrected chi connectivity index (χ3v) is 5.75. The monoisotopic (exact) mass is 434 g/mol. The molecule has 2 aromatic carbocycles. The van der Waals surface area contributed by atoms with Crippen LogP contribution in [0.1, 0.15) is 21.8 Å². The molecule has 0 fully saturated rings. The molecular weight excluding hydrogens is 416 g/mol. The van der Waals surface area contributed by atoms with Gasteiger partial charge in [-0.1, -0.05) is 46.6 Å². The largest absolute Gasteiger partial charge is 0.343 e. The maximum atomic E-state index is 12.4. The van der Waals surface area contributed by atoms with Crippen molar-refractivity contribution in [2.75, 3.05) is 17.6 Å². The molecule has 10 heteroatoms. The van der Waals surface area contributed by atoms with Crippen molar-refractivity contribution < 1.29 is 17.7 Å². The van der Waals surface area contributed by atoms with Crippen LogP contribution in [-0.4, -0.2) is 37.8 Å². The molecule has 3 aromatic rings. The van der Waals surface area contributed by atoms with Crippen molar-refractivity contribution in [1.82, 2.24) is 15.5 Å². The summed E-state index contributed by atoms with van der Waals surface area (Å²) in [6.45, 7) is 2.01.